The van der Waals surface area contributed by atoms with Gasteiger partial charge in [-0.05, 0) is 30.7 Å². The molecule has 6 heteroatoms. The van der Waals surface area contributed by atoms with Gasteiger partial charge in [-0.25, -0.2) is 0 Å². The largest absolute Gasteiger partial charge is 0.376 e. The smallest absolute Gasteiger partial charge is 0.239 e. The van der Waals surface area contributed by atoms with Gasteiger partial charge in [0.1, 0.15) is 6.04 Å². The summed E-state index contributed by atoms with van der Waals surface area (Å²) < 4.78 is 6.59. The van der Waals surface area contributed by atoms with E-state index in [-0.39, 0.29) is 12.0 Å². The molecule has 0 radical (unpaired) electrons. The standard InChI is InChI=1S/C14H20BrN3O2/c15-11-3-1-2-10(8-11)13(14(17)19)18-6-7-20-12(9-18)4-5-16/h1-3,8,12-13H,4-7,9,16H2,(H2,17,19). The van der Waals surface area contributed by atoms with Crippen LogP contribution >= 0.6 is 15.9 Å². The number of rotatable bonds is 5. The molecule has 1 aliphatic rings. The van der Waals surface area contributed by atoms with Gasteiger partial charge < -0.3 is 16.2 Å². The fourth-order valence-electron chi connectivity index (χ4n) is 2.57. The summed E-state index contributed by atoms with van der Waals surface area (Å²) in [5.74, 6) is -0.337. The molecule has 2 unspecified atom stereocenters. The molecule has 0 saturated carbocycles. The first-order valence-corrected chi connectivity index (χ1v) is 7.51. The molecule has 0 aromatic heterocycles. The highest BCUT2D eigenvalue weighted by Crippen LogP contribution is 2.25. The zero-order chi connectivity index (χ0) is 14.5. The minimum absolute atomic E-state index is 0.0720. The highest BCUT2D eigenvalue weighted by Gasteiger charge is 2.30. The van der Waals surface area contributed by atoms with Crippen LogP contribution in [0.15, 0.2) is 28.7 Å². The minimum Gasteiger partial charge on any atom is -0.376 e. The number of carbonyl (C=O) groups excluding carboxylic acids is 1. The van der Waals surface area contributed by atoms with Crippen molar-refractivity contribution in [2.45, 2.75) is 18.6 Å². The summed E-state index contributed by atoms with van der Waals surface area (Å²) in [6.45, 7) is 2.55. The van der Waals surface area contributed by atoms with Crippen molar-refractivity contribution in [1.82, 2.24) is 4.90 Å². The van der Waals surface area contributed by atoms with Crippen molar-refractivity contribution in [3.63, 3.8) is 0 Å². The maximum Gasteiger partial charge on any atom is 0.239 e. The third-order valence-corrected chi connectivity index (χ3v) is 3.95. The molecule has 1 saturated heterocycles. The molecule has 2 atom stereocenters. The molecule has 110 valence electrons. The van der Waals surface area contributed by atoms with E-state index in [1.54, 1.807) is 0 Å². The van der Waals surface area contributed by atoms with Gasteiger partial charge in [0, 0.05) is 17.6 Å². The van der Waals surface area contributed by atoms with Crippen LogP contribution < -0.4 is 11.5 Å². The lowest BCUT2D eigenvalue weighted by Gasteiger charge is -2.37. The van der Waals surface area contributed by atoms with Gasteiger partial charge in [-0.15, -0.1) is 0 Å². The monoisotopic (exact) mass is 341 g/mol. The number of hydrogen-bond acceptors (Lipinski definition) is 4. The van der Waals surface area contributed by atoms with E-state index in [9.17, 15) is 4.79 Å². The highest BCUT2D eigenvalue weighted by molar-refractivity contribution is 9.10. The number of carbonyl (C=O) groups is 1. The van der Waals surface area contributed by atoms with E-state index in [2.05, 4.69) is 20.8 Å². The number of nitrogens with two attached hydrogens (primary N) is 2. The first-order valence-electron chi connectivity index (χ1n) is 6.72. The average molecular weight is 342 g/mol. The molecule has 0 aliphatic carbocycles. The fourth-order valence-corrected chi connectivity index (χ4v) is 2.99. The molecule has 1 amide bonds. The molecule has 0 bridgehead atoms. The van der Waals surface area contributed by atoms with Crippen LogP contribution in [-0.4, -0.2) is 43.2 Å². The molecule has 1 aliphatic heterocycles. The number of ether oxygens (including phenoxy) is 1. The van der Waals surface area contributed by atoms with E-state index in [1.807, 2.05) is 24.3 Å². The molecule has 2 rings (SSSR count). The van der Waals surface area contributed by atoms with Crippen molar-refractivity contribution < 1.29 is 9.53 Å². The second kappa shape index (κ2) is 7.17. The number of halogens is 1. The van der Waals surface area contributed by atoms with E-state index in [0.717, 1.165) is 16.5 Å². The zero-order valence-corrected chi connectivity index (χ0v) is 12.9. The summed E-state index contributed by atoms with van der Waals surface area (Å²) in [5, 5.41) is 0. The molecule has 0 spiro atoms. The summed E-state index contributed by atoms with van der Waals surface area (Å²) in [6, 6.07) is 7.28. The molecular weight excluding hydrogens is 322 g/mol. The van der Waals surface area contributed by atoms with E-state index in [4.69, 9.17) is 16.2 Å². The Morgan fingerprint density at radius 3 is 3.00 bits per heavy atom. The Labute approximate surface area is 127 Å². The first-order chi connectivity index (χ1) is 9.61. The number of nitrogens with zero attached hydrogens (tertiary/aromatic N) is 1. The highest BCUT2D eigenvalue weighted by atomic mass is 79.9. The maximum atomic E-state index is 11.9. The molecule has 4 N–H and O–H groups in total. The number of morpholine rings is 1. The average Bonchev–Trinajstić information content (AvgIpc) is 2.39. The Hall–Kier alpha value is -0.950. The van der Waals surface area contributed by atoms with Gasteiger partial charge >= 0.3 is 0 Å². The van der Waals surface area contributed by atoms with Crippen LogP contribution in [0.5, 0.6) is 0 Å². The summed E-state index contributed by atoms with van der Waals surface area (Å²) >= 11 is 3.43. The lowest BCUT2D eigenvalue weighted by Crippen LogP contribution is -2.48. The number of amides is 1. The molecule has 5 nitrogen and oxygen atoms in total. The lowest BCUT2D eigenvalue weighted by atomic mass is 10.0. The third-order valence-electron chi connectivity index (χ3n) is 3.46. The van der Waals surface area contributed by atoms with Crippen molar-refractivity contribution >= 4 is 21.8 Å². The third kappa shape index (κ3) is 3.79. The van der Waals surface area contributed by atoms with Crippen LogP contribution in [-0.2, 0) is 9.53 Å². The van der Waals surface area contributed by atoms with Crippen LogP contribution in [0.25, 0.3) is 0 Å². The van der Waals surface area contributed by atoms with Crippen LogP contribution in [0.3, 0.4) is 0 Å². The number of hydrogen-bond donors (Lipinski definition) is 2. The SMILES string of the molecule is NCCC1CN(C(C(N)=O)c2cccc(Br)c2)CCO1. The second-order valence-electron chi connectivity index (χ2n) is 4.92. The minimum atomic E-state index is -0.420. The van der Waals surface area contributed by atoms with Crippen LogP contribution in [0.1, 0.15) is 18.0 Å². The predicted molar refractivity (Wildman–Crippen MR) is 81.1 cm³/mol. The van der Waals surface area contributed by atoms with Crippen LogP contribution in [0.2, 0.25) is 0 Å². The topological polar surface area (TPSA) is 81.6 Å². The van der Waals surface area contributed by atoms with Gasteiger partial charge in [0.2, 0.25) is 5.91 Å². The van der Waals surface area contributed by atoms with E-state index < -0.39 is 6.04 Å². The summed E-state index contributed by atoms with van der Waals surface area (Å²) in [4.78, 5) is 14.0. The van der Waals surface area contributed by atoms with Gasteiger partial charge in [-0.1, -0.05) is 28.1 Å². The van der Waals surface area contributed by atoms with Crippen molar-refractivity contribution in [3.8, 4) is 0 Å². The molecule has 1 heterocycles. The van der Waals surface area contributed by atoms with Gasteiger partial charge in [0.05, 0.1) is 12.7 Å². The van der Waals surface area contributed by atoms with E-state index in [0.29, 0.717) is 26.2 Å². The maximum absolute atomic E-state index is 11.9. The Kier molecular flexibility index (Phi) is 5.54. The Bertz CT molecular complexity index is 467. The van der Waals surface area contributed by atoms with Gasteiger partial charge in [0.25, 0.3) is 0 Å². The Morgan fingerprint density at radius 2 is 2.35 bits per heavy atom. The fraction of sp³-hybridized carbons (Fsp3) is 0.500. The Morgan fingerprint density at radius 1 is 1.55 bits per heavy atom. The quantitative estimate of drug-likeness (QED) is 0.837. The molecule has 20 heavy (non-hydrogen) atoms. The number of primary amides is 1. The summed E-state index contributed by atoms with van der Waals surface area (Å²) in [5.41, 5.74) is 12.1. The van der Waals surface area contributed by atoms with Crippen LogP contribution in [0, 0.1) is 0 Å². The molecule has 1 aromatic carbocycles. The number of benzene rings is 1. The van der Waals surface area contributed by atoms with Gasteiger partial charge in [0.15, 0.2) is 0 Å². The van der Waals surface area contributed by atoms with Crippen molar-refractivity contribution in [2.75, 3.05) is 26.2 Å². The van der Waals surface area contributed by atoms with Gasteiger partial charge in [-0.2, -0.15) is 0 Å². The predicted octanol–water partition coefficient (Wildman–Crippen LogP) is 1.03. The van der Waals surface area contributed by atoms with Gasteiger partial charge in [-0.3, -0.25) is 9.69 Å². The van der Waals surface area contributed by atoms with E-state index >= 15 is 0 Å². The summed E-state index contributed by atoms with van der Waals surface area (Å²) in [6.07, 6.45) is 0.864. The van der Waals surface area contributed by atoms with Crippen molar-refractivity contribution in [2.24, 2.45) is 11.5 Å². The van der Waals surface area contributed by atoms with Crippen molar-refractivity contribution in [3.05, 3.63) is 34.3 Å². The Balaban J connectivity index is 2.18. The zero-order valence-electron chi connectivity index (χ0n) is 11.3. The van der Waals surface area contributed by atoms with E-state index in [1.165, 1.54) is 0 Å². The molecular formula is C14H20BrN3O2. The lowest BCUT2D eigenvalue weighted by molar-refractivity contribution is -0.127. The normalized spacial score (nSPS) is 21.6. The van der Waals surface area contributed by atoms with Crippen molar-refractivity contribution in [1.29, 1.82) is 0 Å². The molecule has 1 fully saturated rings. The molecule has 1 aromatic rings. The summed E-state index contributed by atoms with van der Waals surface area (Å²) in [7, 11) is 0. The first kappa shape index (κ1) is 15.4. The van der Waals surface area contributed by atoms with Crippen LogP contribution in [0.4, 0.5) is 0 Å². The second-order valence-corrected chi connectivity index (χ2v) is 5.84.